The van der Waals surface area contributed by atoms with E-state index < -0.39 is 29.3 Å². The van der Waals surface area contributed by atoms with Crippen LogP contribution in [0.1, 0.15) is 10.4 Å². The maximum absolute atomic E-state index is 11.6. The van der Waals surface area contributed by atoms with E-state index in [2.05, 4.69) is 0 Å². The second-order valence-electron chi connectivity index (χ2n) is 3.53. The number of nitrogens with two attached hydrogens (primary N) is 1. The third kappa shape index (κ3) is 4.60. The molecule has 5 N–H and O–H groups in total. The van der Waals surface area contributed by atoms with Crippen molar-refractivity contribution in [3.8, 4) is 0 Å². The average Bonchev–Trinajstić information content (AvgIpc) is 2.42. The molecule has 0 aliphatic rings. The zero-order valence-electron chi connectivity index (χ0n) is 10.1. The van der Waals surface area contributed by atoms with Crippen LogP contribution < -0.4 is 21.9 Å². The van der Waals surface area contributed by atoms with Crippen molar-refractivity contribution >= 4 is 23.5 Å². The van der Waals surface area contributed by atoms with E-state index >= 15 is 0 Å². The van der Waals surface area contributed by atoms with Crippen molar-refractivity contribution in [2.24, 2.45) is 5.73 Å². The molecule has 10 nitrogen and oxygen atoms in total. The Labute approximate surface area is 112 Å². The van der Waals surface area contributed by atoms with E-state index in [-0.39, 0.29) is 11.3 Å². The Kier molecular flexibility index (Phi) is 4.97. The van der Waals surface area contributed by atoms with E-state index in [9.17, 15) is 24.5 Å². The summed E-state index contributed by atoms with van der Waals surface area (Å²) in [5.74, 6) is -1.44. The van der Waals surface area contributed by atoms with Gasteiger partial charge in [-0.25, -0.2) is 4.79 Å². The summed E-state index contributed by atoms with van der Waals surface area (Å²) in [6, 6.07) is 4.08. The molecule has 0 radical (unpaired) electrons. The van der Waals surface area contributed by atoms with Crippen LogP contribution in [-0.4, -0.2) is 29.3 Å². The topological polar surface area (TPSA) is 156 Å². The first-order valence-electron chi connectivity index (χ1n) is 5.27. The van der Waals surface area contributed by atoms with Crippen molar-refractivity contribution in [3.63, 3.8) is 0 Å². The molecule has 106 valence electrons. The fourth-order valence-electron chi connectivity index (χ4n) is 1.17. The molecule has 0 aliphatic carbocycles. The van der Waals surface area contributed by atoms with Gasteiger partial charge in [-0.2, -0.15) is 0 Å². The fourth-order valence-corrected chi connectivity index (χ4v) is 1.17. The number of hydrazine groups is 1. The van der Waals surface area contributed by atoms with Gasteiger partial charge >= 0.3 is 6.03 Å². The molecule has 0 fully saturated rings. The van der Waals surface area contributed by atoms with Gasteiger partial charge in [0.15, 0.2) is 0 Å². The summed E-state index contributed by atoms with van der Waals surface area (Å²) in [6.45, 7) is -0.412. The molecule has 0 bridgehead atoms. The van der Waals surface area contributed by atoms with Gasteiger partial charge < -0.3 is 11.1 Å². The Hall–Kier alpha value is -3.17. The molecule has 1 rings (SSSR count). The number of rotatable bonds is 4. The van der Waals surface area contributed by atoms with Gasteiger partial charge in [0.1, 0.15) is 6.54 Å². The van der Waals surface area contributed by atoms with Crippen LogP contribution >= 0.6 is 0 Å². The van der Waals surface area contributed by atoms with Gasteiger partial charge in [-0.3, -0.25) is 30.6 Å². The zero-order chi connectivity index (χ0) is 15.1. The number of nitrogens with zero attached hydrogens (tertiary/aromatic N) is 1. The summed E-state index contributed by atoms with van der Waals surface area (Å²) < 4.78 is 0. The van der Waals surface area contributed by atoms with E-state index in [0.717, 1.165) is 6.07 Å². The van der Waals surface area contributed by atoms with Crippen LogP contribution in [0.25, 0.3) is 0 Å². The number of benzene rings is 1. The van der Waals surface area contributed by atoms with Gasteiger partial charge in [-0.05, 0) is 6.07 Å². The van der Waals surface area contributed by atoms with Crippen molar-refractivity contribution in [1.29, 1.82) is 0 Å². The van der Waals surface area contributed by atoms with Crippen molar-refractivity contribution in [2.45, 2.75) is 0 Å². The molecule has 0 heterocycles. The molecule has 1 aromatic rings. The number of amides is 4. The predicted molar refractivity (Wildman–Crippen MR) is 66.3 cm³/mol. The second kappa shape index (κ2) is 6.68. The van der Waals surface area contributed by atoms with Gasteiger partial charge in [0.2, 0.25) is 0 Å². The first kappa shape index (κ1) is 14.9. The van der Waals surface area contributed by atoms with Gasteiger partial charge in [0.25, 0.3) is 17.5 Å². The minimum absolute atomic E-state index is 0.00219. The normalized spacial score (nSPS) is 9.40. The highest BCUT2D eigenvalue weighted by Gasteiger charge is 2.12. The van der Waals surface area contributed by atoms with Crippen molar-refractivity contribution in [2.75, 3.05) is 6.54 Å². The first-order chi connectivity index (χ1) is 9.40. The number of nitrogens with one attached hydrogen (secondary N) is 3. The molecular weight excluding hydrogens is 270 g/mol. The largest absolute Gasteiger partial charge is 0.352 e. The summed E-state index contributed by atoms with van der Waals surface area (Å²) in [7, 11) is 0. The summed E-state index contributed by atoms with van der Waals surface area (Å²) in [6.07, 6.45) is 0. The number of nitro benzene ring substituents is 1. The standard InChI is InChI=1S/C10H11N5O5/c11-10(18)12-5-8(16)13-14-9(17)6-2-1-3-7(4-6)15(19)20/h1-4H,5H2,(H,13,16)(H,14,17)(H3,11,12,18). The van der Waals surface area contributed by atoms with Gasteiger partial charge in [-0.1, -0.05) is 6.07 Å². The molecule has 0 aliphatic heterocycles. The summed E-state index contributed by atoms with van der Waals surface area (Å²) in [5.41, 5.74) is 8.54. The van der Waals surface area contributed by atoms with Gasteiger partial charge in [0, 0.05) is 17.7 Å². The summed E-state index contributed by atoms with van der Waals surface area (Å²) in [4.78, 5) is 43.0. The van der Waals surface area contributed by atoms with Gasteiger partial charge in [-0.15, -0.1) is 0 Å². The third-order valence-electron chi connectivity index (χ3n) is 2.06. The number of nitro groups is 1. The van der Waals surface area contributed by atoms with Gasteiger partial charge in [0.05, 0.1) is 4.92 Å². The van der Waals surface area contributed by atoms with Crippen LogP contribution in [0.15, 0.2) is 24.3 Å². The molecule has 1 aromatic carbocycles. The van der Waals surface area contributed by atoms with E-state index in [1.165, 1.54) is 18.2 Å². The number of hydrogen-bond donors (Lipinski definition) is 4. The Bertz CT molecular complexity index is 559. The Morgan fingerprint density at radius 3 is 2.55 bits per heavy atom. The Morgan fingerprint density at radius 2 is 1.95 bits per heavy atom. The highest BCUT2D eigenvalue weighted by Crippen LogP contribution is 2.12. The SMILES string of the molecule is NC(=O)NCC(=O)NNC(=O)c1cccc([N+](=O)[O-])c1. The number of primary amides is 1. The number of non-ortho nitro benzene ring substituents is 1. The van der Waals surface area contributed by atoms with E-state index in [1.54, 1.807) is 0 Å². The third-order valence-corrected chi connectivity index (χ3v) is 2.06. The lowest BCUT2D eigenvalue weighted by Crippen LogP contribution is -2.47. The molecule has 10 heteroatoms. The quantitative estimate of drug-likeness (QED) is 0.412. The molecule has 0 aromatic heterocycles. The molecule has 0 unspecified atom stereocenters. The smallest absolute Gasteiger partial charge is 0.312 e. The predicted octanol–water partition coefficient (Wildman–Crippen LogP) is -0.976. The minimum atomic E-state index is -0.884. The van der Waals surface area contributed by atoms with Crippen molar-refractivity contribution < 1.29 is 19.3 Å². The number of carbonyl (C=O) groups excluding carboxylic acids is 3. The lowest BCUT2D eigenvalue weighted by molar-refractivity contribution is -0.384. The van der Waals surface area contributed by atoms with E-state index in [0.29, 0.717) is 0 Å². The number of carbonyl (C=O) groups is 3. The maximum Gasteiger partial charge on any atom is 0.312 e. The molecule has 0 saturated carbocycles. The molecule has 4 amide bonds. The molecule has 0 spiro atoms. The van der Waals surface area contributed by atoms with E-state index in [4.69, 9.17) is 5.73 Å². The van der Waals surface area contributed by atoms with E-state index in [1.807, 2.05) is 16.2 Å². The van der Waals surface area contributed by atoms with Crippen LogP contribution in [-0.2, 0) is 4.79 Å². The maximum atomic E-state index is 11.6. The molecule has 0 saturated heterocycles. The zero-order valence-corrected chi connectivity index (χ0v) is 10.1. The fraction of sp³-hybridized carbons (Fsp3) is 0.100. The Morgan fingerprint density at radius 1 is 1.25 bits per heavy atom. The highest BCUT2D eigenvalue weighted by molar-refractivity contribution is 5.96. The summed E-state index contributed by atoms with van der Waals surface area (Å²) in [5, 5.41) is 12.6. The number of hydrogen-bond acceptors (Lipinski definition) is 5. The van der Waals surface area contributed by atoms with Crippen LogP contribution in [0.4, 0.5) is 10.5 Å². The summed E-state index contributed by atoms with van der Waals surface area (Å²) >= 11 is 0. The van der Waals surface area contributed by atoms with Crippen LogP contribution in [0, 0.1) is 10.1 Å². The van der Waals surface area contributed by atoms with Crippen molar-refractivity contribution in [3.05, 3.63) is 39.9 Å². The van der Waals surface area contributed by atoms with Crippen LogP contribution in [0.3, 0.4) is 0 Å². The molecular formula is C10H11N5O5. The first-order valence-corrected chi connectivity index (χ1v) is 5.27. The van der Waals surface area contributed by atoms with Crippen molar-refractivity contribution in [1.82, 2.24) is 16.2 Å². The molecule has 0 atom stereocenters. The molecule has 20 heavy (non-hydrogen) atoms. The lowest BCUT2D eigenvalue weighted by atomic mass is 10.2. The minimum Gasteiger partial charge on any atom is -0.352 e. The average molecular weight is 281 g/mol. The van der Waals surface area contributed by atoms with Crippen LogP contribution in [0.2, 0.25) is 0 Å². The Balaban J connectivity index is 2.54. The second-order valence-corrected chi connectivity index (χ2v) is 3.53. The monoisotopic (exact) mass is 281 g/mol. The van der Waals surface area contributed by atoms with Crippen LogP contribution in [0.5, 0.6) is 0 Å². The lowest BCUT2D eigenvalue weighted by Gasteiger charge is -2.07. The highest BCUT2D eigenvalue weighted by atomic mass is 16.6. The number of urea groups is 1.